The van der Waals surface area contributed by atoms with Gasteiger partial charge in [0, 0.05) is 12.1 Å². The van der Waals surface area contributed by atoms with Gasteiger partial charge in [-0.2, -0.15) is 0 Å². The van der Waals surface area contributed by atoms with E-state index in [2.05, 4.69) is 16.0 Å². The fraction of sp³-hybridized carbons (Fsp3) is 0.471. The van der Waals surface area contributed by atoms with Crippen molar-refractivity contribution in [2.45, 2.75) is 37.8 Å². The molecule has 1 saturated carbocycles. The van der Waals surface area contributed by atoms with Gasteiger partial charge < -0.3 is 16.4 Å². The van der Waals surface area contributed by atoms with E-state index in [9.17, 15) is 14.4 Å². The van der Waals surface area contributed by atoms with Gasteiger partial charge in [0.25, 0.3) is 11.8 Å². The summed E-state index contributed by atoms with van der Waals surface area (Å²) in [5.41, 5.74) is 5.43. The molecule has 7 heteroatoms. The predicted molar refractivity (Wildman–Crippen MR) is 88.1 cm³/mol. The molecule has 128 valence electrons. The van der Waals surface area contributed by atoms with Gasteiger partial charge in [-0.15, -0.1) is 0 Å². The van der Waals surface area contributed by atoms with Gasteiger partial charge >= 0.3 is 6.03 Å². The number of nitrogens with one attached hydrogen (secondary N) is 3. The molecule has 0 spiro atoms. The van der Waals surface area contributed by atoms with Crippen molar-refractivity contribution in [2.75, 3.05) is 6.54 Å². The third-order valence-corrected chi connectivity index (χ3v) is 5.07. The third-order valence-electron chi connectivity index (χ3n) is 5.07. The number of imide groups is 1. The van der Waals surface area contributed by atoms with E-state index in [4.69, 9.17) is 5.73 Å². The van der Waals surface area contributed by atoms with Crippen LogP contribution in [0.4, 0.5) is 4.79 Å². The number of hydrogen-bond donors (Lipinski definition) is 4. The molecule has 1 aliphatic heterocycles. The standard InChI is InChI=1S/C17H22N4O3/c1-16(9-18,11-7-8-11)20-13(22)10-3-5-12(6-4-10)17(2)14(23)19-15(24)21-17/h3-6,11H,7-9,18H2,1-2H3,(H,20,22)(H2,19,21,23,24). The third kappa shape index (κ3) is 2.75. The summed E-state index contributed by atoms with van der Waals surface area (Å²) in [5.74, 6) is -0.164. The lowest BCUT2D eigenvalue weighted by Gasteiger charge is -2.29. The Kier molecular flexibility index (Phi) is 3.83. The second-order valence-corrected chi connectivity index (χ2v) is 6.96. The molecule has 0 aromatic heterocycles. The summed E-state index contributed by atoms with van der Waals surface area (Å²) < 4.78 is 0. The number of carbonyl (C=O) groups excluding carboxylic acids is 3. The first-order chi connectivity index (χ1) is 11.3. The van der Waals surface area contributed by atoms with Crippen LogP contribution in [0.5, 0.6) is 0 Å². The molecule has 1 aromatic rings. The monoisotopic (exact) mass is 330 g/mol. The van der Waals surface area contributed by atoms with Crippen molar-refractivity contribution in [3.05, 3.63) is 35.4 Å². The number of benzene rings is 1. The molecule has 1 heterocycles. The first kappa shape index (κ1) is 16.4. The van der Waals surface area contributed by atoms with Crippen molar-refractivity contribution >= 4 is 17.8 Å². The summed E-state index contributed by atoms with van der Waals surface area (Å²) in [4.78, 5) is 35.8. The minimum Gasteiger partial charge on any atom is -0.345 e. The summed E-state index contributed by atoms with van der Waals surface area (Å²) >= 11 is 0. The van der Waals surface area contributed by atoms with Crippen molar-refractivity contribution in [2.24, 2.45) is 11.7 Å². The van der Waals surface area contributed by atoms with Gasteiger partial charge in [0.1, 0.15) is 5.54 Å². The molecular weight excluding hydrogens is 308 g/mol. The zero-order valence-corrected chi connectivity index (χ0v) is 13.8. The number of amides is 4. The molecule has 24 heavy (non-hydrogen) atoms. The van der Waals surface area contributed by atoms with E-state index in [1.165, 1.54) is 0 Å². The highest BCUT2D eigenvalue weighted by molar-refractivity contribution is 6.07. The van der Waals surface area contributed by atoms with Crippen LogP contribution in [0.3, 0.4) is 0 Å². The topological polar surface area (TPSA) is 113 Å². The van der Waals surface area contributed by atoms with Crippen molar-refractivity contribution in [3.8, 4) is 0 Å². The lowest BCUT2D eigenvalue weighted by molar-refractivity contribution is -0.123. The van der Waals surface area contributed by atoms with E-state index < -0.39 is 17.5 Å². The number of nitrogens with two attached hydrogens (primary N) is 1. The van der Waals surface area contributed by atoms with E-state index in [1.807, 2.05) is 6.92 Å². The van der Waals surface area contributed by atoms with Crippen LogP contribution in [0.15, 0.2) is 24.3 Å². The van der Waals surface area contributed by atoms with Crippen LogP contribution in [0.1, 0.15) is 42.6 Å². The van der Waals surface area contributed by atoms with Crippen molar-refractivity contribution in [1.82, 2.24) is 16.0 Å². The maximum absolute atomic E-state index is 12.5. The molecular formula is C17H22N4O3. The van der Waals surface area contributed by atoms with Crippen LogP contribution < -0.4 is 21.7 Å². The highest BCUT2D eigenvalue weighted by atomic mass is 16.2. The molecule has 2 fully saturated rings. The fourth-order valence-corrected chi connectivity index (χ4v) is 3.07. The Morgan fingerprint density at radius 2 is 1.96 bits per heavy atom. The second-order valence-electron chi connectivity index (χ2n) is 6.96. The highest BCUT2D eigenvalue weighted by Crippen LogP contribution is 2.39. The average molecular weight is 330 g/mol. The van der Waals surface area contributed by atoms with Gasteiger partial charge in [-0.05, 0) is 50.3 Å². The number of carbonyl (C=O) groups is 3. The van der Waals surface area contributed by atoms with Crippen LogP contribution in [-0.4, -0.2) is 29.9 Å². The van der Waals surface area contributed by atoms with Crippen molar-refractivity contribution in [3.63, 3.8) is 0 Å². The van der Waals surface area contributed by atoms with E-state index in [0.29, 0.717) is 23.6 Å². The van der Waals surface area contributed by atoms with Gasteiger partial charge in [0.2, 0.25) is 0 Å². The summed E-state index contributed by atoms with van der Waals surface area (Å²) in [5, 5.41) is 7.84. The van der Waals surface area contributed by atoms with Crippen LogP contribution in [0.2, 0.25) is 0 Å². The average Bonchev–Trinajstić information content (AvgIpc) is 3.36. The predicted octanol–water partition coefficient (Wildman–Crippen LogP) is 0.598. The lowest BCUT2D eigenvalue weighted by atomic mass is 9.91. The van der Waals surface area contributed by atoms with E-state index in [0.717, 1.165) is 12.8 Å². The molecule has 1 aliphatic carbocycles. The van der Waals surface area contributed by atoms with Crippen LogP contribution in [0, 0.1) is 5.92 Å². The normalized spacial score (nSPS) is 25.6. The number of hydrogen-bond acceptors (Lipinski definition) is 4. The Balaban J connectivity index is 1.76. The molecule has 2 unspecified atom stereocenters. The first-order valence-corrected chi connectivity index (χ1v) is 8.05. The van der Waals surface area contributed by atoms with Gasteiger partial charge in [-0.1, -0.05) is 12.1 Å². The number of urea groups is 1. The summed E-state index contributed by atoms with van der Waals surface area (Å²) in [7, 11) is 0. The molecule has 4 amide bonds. The van der Waals surface area contributed by atoms with Crippen molar-refractivity contribution in [1.29, 1.82) is 0 Å². The molecule has 5 N–H and O–H groups in total. The lowest BCUT2D eigenvalue weighted by Crippen LogP contribution is -2.53. The van der Waals surface area contributed by atoms with Gasteiger partial charge in [-0.25, -0.2) is 4.79 Å². The first-order valence-electron chi connectivity index (χ1n) is 8.05. The molecule has 2 aliphatic rings. The largest absolute Gasteiger partial charge is 0.345 e. The Labute approximate surface area is 140 Å². The van der Waals surface area contributed by atoms with E-state index in [1.54, 1.807) is 31.2 Å². The molecule has 2 atom stereocenters. The smallest absolute Gasteiger partial charge is 0.322 e. The Morgan fingerprint density at radius 3 is 2.42 bits per heavy atom. The summed E-state index contributed by atoms with van der Waals surface area (Å²) in [6, 6.07) is 6.13. The zero-order chi connectivity index (χ0) is 17.5. The van der Waals surface area contributed by atoms with Gasteiger partial charge in [0.15, 0.2) is 0 Å². The molecule has 1 saturated heterocycles. The molecule has 0 radical (unpaired) electrons. The van der Waals surface area contributed by atoms with Gasteiger partial charge in [0.05, 0.1) is 5.54 Å². The van der Waals surface area contributed by atoms with Gasteiger partial charge in [-0.3, -0.25) is 14.9 Å². The zero-order valence-electron chi connectivity index (χ0n) is 13.8. The maximum Gasteiger partial charge on any atom is 0.322 e. The molecule has 1 aromatic carbocycles. The molecule has 0 bridgehead atoms. The van der Waals surface area contributed by atoms with E-state index in [-0.39, 0.29) is 11.4 Å². The molecule has 3 rings (SSSR count). The minimum atomic E-state index is -1.12. The highest BCUT2D eigenvalue weighted by Gasteiger charge is 2.44. The summed E-state index contributed by atoms with van der Waals surface area (Å²) in [6.45, 7) is 3.99. The number of rotatable bonds is 5. The van der Waals surface area contributed by atoms with Crippen LogP contribution in [-0.2, 0) is 10.3 Å². The summed E-state index contributed by atoms with van der Waals surface area (Å²) in [6.07, 6.45) is 2.17. The molecule has 7 nitrogen and oxygen atoms in total. The van der Waals surface area contributed by atoms with Crippen LogP contribution in [0.25, 0.3) is 0 Å². The SMILES string of the molecule is CC1(c2ccc(C(=O)NC(C)(CN)C3CC3)cc2)NC(=O)NC1=O. The van der Waals surface area contributed by atoms with E-state index >= 15 is 0 Å². The second kappa shape index (κ2) is 5.59. The quantitative estimate of drug-likeness (QED) is 0.592. The maximum atomic E-state index is 12.5. The Hall–Kier alpha value is -2.41. The minimum absolute atomic E-state index is 0.188. The fourth-order valence-electron chi connectivity index (χ4n) is 3.07. The Bertz CT molecular complexity index is 698. The Morgan fingerprint density at radius 1 is 1.33 bits per heavy atom. The van der Waals surface area contributed by atoms with Crippen molar-refractivity contribution < 1.29 is 14.4 Å². The van der Waals surface area contributed by atoms with Crippen LogP contribution >= 0.6 is 0 Å².